The van der Waals surface area contributed by atoms with Crippen LogP contribution in [0.15, 0.2) is 0 Å². The largest absolute Gasteiger partial charge is 0.391 e. The van der Waals surface area contributed by atoms with E-state index >= 15 is 0 Å². The Hall–Kier alpha value is -0.770. The maximum Gasteiger partial charge on any atom is 0.315 e. The van der Waals surface area contributed by atoms with Gasteiger partial charge in [-0.05, 0) is 25.7 Å². The van der Waals surface area contributed by atoms with Gasteiger partial charge in [-0.3, -0.25) is 0 Å². The van der Waals surface area contributed by atoms with Crippen LogP contribution in [0.2, 0.25) is 0 Å². The molecule has 2 atom stereocenters. The van der Waals surface area contributed by atoms with E-state index in [4.69, 9.17) is 0 Å². The minimum absolute atomic E-state index is 0.0462. The molecule has 4 nitrogen and oxygen atoms in total. The fourth-order valence-electron chi connectivity index (χ4n) is 2.75. The van der Waals surface area contributed by atoms with Crippen molar-refractivity contribution >= 4 is 6.03 Å². The van der Waals surface area contributed by atoms with Crippen molar-refractivity contribution in [3.8, 4) is 0 Å². The molecule has 16 heavy (non-hydrogen) atoms. The minimum atomic E-state index is -0.358. The Morgan fingerprint density at radius 1 is 0.938 bits per heavy atom. The van der Waals surface area contributed by atoms with E-state index in [1.807, 2.05) is 0 Å². The van der Waals surface area contributed by atoms with Gasteiger partial charge in [-0.2, -0.15) is 0 Å². The van der Waals surface area contributed by atoms with Gasteiger partial charge in [-0.15, -0.1) is 0 Å². The van der Waals surface area contributed by atoms with Gasteiger partial charge >= 0.3 is 6.03 Å². The number of nitrogens with one attached hydrogen (secondary N) is 2. The summed E-state index contributed by atoms with van der Waals surface area (Å²) < 4.78 is 0. The van der Waals surface area contributed by atoms with E-state index in [0.717, 1.165) is 38.5 Å². The highest BCUT2D eigenvalue weighted by Crippen LogP contribution is 2.19. The molecule has 2 rings (SSSR count). The third kappa shape index (κ3) is 3.11. The molecule has 3 N–H and O–H groups in total. The van der Waals surface area contributed by atoms with E-state index in [0.29, 0.717) is 6.04 Å². The number of amides is 2. The molecule has 2 saturated carbocycles. The van der Waals surface area contributed by atoms with E-state index in [1.54, 1.807) is 0 Å². The lowest BCUT2D eigenvalue weighted by Crippen LogP contribution is -2.50. The lowest BCUT2D eigenvalue weighted by atomic mass is 9.93. The monoisotopic (exact) mass is 226 g/mol. The molecule has 2 fully saturated rings. The van der Waals surface area contributed by atoms with Gasteiger partial charge in [-0.1, -0.05) is 25.7 Å². The van der Waals surface area contributed by atoms with Crippen molar-refractivity contribution in [2.24, 2.45) is 0 Å². The first-order chi connectivity index (χ1) is 7.75. The van der Waals surface area contributed by atoms with Crippen molar-refractivity contribution in [1.29, 1.82) is 0 Å². The zero-order valence-corrected chi connectivity index (χ0v) is 9.74. The first-order valence-corrected chi connectivity index (χ1v) is 6.51. The summed E-state index contributed by atoms with van der Waals surface area (Å²) in [5.74, 6) is 0. The van der Waals surface area contributed by atoms with Crippen LogP contribution >= 0.6 is 0 Å². The molecular formula is C12H22N2O2. The Morgan fingerprint density at radius 3 is 2.25 bits per heavy atom. The van der Waals surface area contributed by atoms with Crippen LogP contribution in [-0.2, 0) is 0 Å². The zero-order chi connectivity index (χ0) is 11.4. The molecule has 0 unspecified atom stereocenters. The normalized spacial score (nSPS) is 31.3. The summed E-state index contributed by atoms with van der Waals surface area (Å²) in [7, 11) is 0. The van der Waals surface area contributed by atoms with Gasteiger partial charge in [0, 0.05) is 6.04 Å². The lowest BCUT2D eigenvalue weighted by Gasteiger charge is -2.28. The zero-order valence-electron chi connectivity index (χ0n) is 9.74. The molecule has 0 aromatic carbocycles. The molecule has 0 bridgehead atoms. The third-order valence-corrected chi connectivity index (χ3v) is 3.74. The average molecular weight is 226 g/mol. The molecule has 0 spiro atoms. The topological polar surface area (TPSA) is 61.4 Å². The Balaban J connectivity index is 1.72. The highest BCUT2D eigenvalue weighted by atomic mass is 16.3. The van der Waals surface area contributed by atoms with Crippen molar-refractivity contribution in [2.75, 3.05) is 0 Å². The molecule has 2 aliphatic carbocycles. The minimum Gasteiger partial charge on any atom is -0.391 e. The Bertz CT molecular complexity index is 239. The molecule has 4 heteroatoms. The van der Waals surface area contributed by atoms with E-state index in [-0.39, 0.29) is 18.2 Å². The van der Waals surface area contributed by atoms with Crippen molar-refractivity contribution < 1.29 is 9.90 Å². The number of hydrogen-bond acceptors (Lipinski definition) is 2. The Morgan fingerprint density at radius 2 is 1.56 bits per heavy atom. The summed E-state index contributed by atoms with van der Waals surface area (Å²) in [6.07, 6.45) is 8.17. The number of aliphatic hydroxyl groups excluding tert-OH is 1. The summed E-state index contributed by atoms with van der Waals surface area (Å²) in [6.45, 7) is 0. The van der Waals surface area contributed by atoms with Gasteiger partial charge < -0.3 is 15.7 Å². The molecule has 0 saturated heterocycles. The highest BCUT2D eigenvalue weighted by Gasteiger charge is 2.25. The van der Waals surface area contributed by atoms with Crippen LogP contribution in [0.1, 0.15) is 51.4 Å². The van der Waals surface area contributed by atoms with E-state index in [2.05, 4.69) is 10.6 Å². The van der Waals surface area contributed by atoms with Gasteiger partial charge in [0.2, 0.25) is 0 Å². The molecule has 0 radical (unpaired) electrons. The molecule has 0 aliphatic heterocycles. The van der Waals surface area contributed by atoms with Crippen molar-refractivity contribution in [1.82, 2.24) is 10.6 Å². The fraction of sp³-hybridized carbons (Fsp3) is 0.917. The van der Waals surface area contributed by atoms with E-state index in [9.17, 15) is 9.90 Å². The second-order valence-electron chi connectivity index (χ2n) is 5.06. The van der Waals surface area contributed by atoms with Gasteiger partial charge in [0.1, 0.15) is 0 Å². The van der Waals surface area contributed by atoms with Crippen LogP contribution in [0.25, 0.3) is 0 Å². The number of aliphatic hydroxyl groups is 1. The predicted octanol–water partition coefficient (Wildman–Crippen LogP) is 1.53. The standard InChI is InChI=1S/C12H22N2O2/c15-11-8-4-3-7-10(11)14-12(16)13-9-5-1-2-6-9/h9-11,15H,1-8H2,(H2,13,14,16)/t10-,11-/m1/s1. The van der Waals surface area contributed by atoms with Crippen LogP contribution in [0.5, 0.6) is 0 Å². The molecule has 0 heterocycles. The van der Waals surface area contributed by atoms with Crippen LogP contribution in [0, 0.1) is 0 Å². The Labute approximate surface area is 96.8 Å². The van der Waals surface area contributed by atoms with Gasteiger partial charge in [0.25, 0.3) is 0 Å². The second-order valence-corrected chi connectivity index (χ2v) is 5.06. The third-order valence-electron chi connectivity index (χ3n) is 3.74. The summed E-state index contributed by atoms with van der Waals surface area (Å²) in [5.41, 5.74) is 0. The molecular weight excluding hydrogens is 204 g/mol. The van der Waals surface area contributed by atoms with Crippen LogP contribution < -0.4 is 10.6 Å². The quantitative estimate of drug-likeness (QED) is 0.668. The Kier molecular flexibility index (Phi) is 4.04. The summed E-state index contributed by atoms with van der Waals surface area (Å²) in [4.78, 5) is 11.7. The summed E-state index contributed by atoms with van der Waals surface area (Å²) >= 11 is 0. The van der Waals surface area contributed by atoms with Gasteiger partial charge in [0.15, 0.2) is 0 Å². The second kappa shape index (κ2) is 5.53. The van der Waals surface area contributed by atoms with Gasteiger partial charge in [0.05, 0.1) is 12.1 Å². The van der Waals surface area contributed by atoms with Crippen molar-refractivity contribution in [3.05, 3.63) is 0 Å². The predicted molar refractivity (Wildman–Crippen MR) is 62.2 cm³/mol. The van der Waals surface area contributed by atoms with Crippen LogP contribution in [-0.4, -0.2) is 29.3 Å². The maximum atomic E-state index is 11.7. The molecule has 92 valence electrons. The van der Waals surface area contributed by atoms with Crippen LogP contribution in [0.3, 0.4) is 0 Å². The summed E-state index contributed by atoms with van der Waals surface area (Å²) in [5, 5.41) is 15.6. The molecule has 0 aromatic heterocycles. The van der Waals surface area contributed by atoms with E-state index < -0.39 is 0 Å². The maximum absolute atomic E-state index is 11.7. The molecule has 0 aromatic rings. The summed E-state index contributed by atoms with van der Waals surface area (Å²) in [6, 6.07) is 0.203. The lowest BCUT2D eigenvalue weighted by molar-refractivity contribution is 0.0940. The molecule has 2 aliphatic rings. The molecule has 2 amide bonds. The number of carbonyl (C=O) groups excluding carboxylic acids is 1. The van der Waals surface area contributed by atoms with Crippen molar-refractivity contribution in [3.63, 3.8) is 0 Å². The smallest absolute Gasteiger partial charge is 0.315 e. The van der Waals surface area contributed by atoms with Crippen molar-refractivity contribution in [2.45, 2.75) is 69.6 Å². The van der Waals surface area contributed by atoms with Crippen LogP contribution in [0.4, 0.5) is 4.79 Å². The number of urea groups is 1. The number of carbonyl (C=O) groups is 1. The fourth-order valence-corrected chi connectivity index (χ4v) is 2.75. The number of hydrogen-bond donors (Lipinski definition) is 3. The van der Waals surface area contributed by atoms with E-state index in [1.165, 1.54) is 12.8 Å². The number of rotatable bonds is 2. The van der Waals surface area contributed by atoms with Gasteiger partial charge in [-0.25, -0.2) is 4.79 Å². The first kappa shape index (κ1) is 11.7. The average Bonchev–Trinajstić information content (AvgIpc) is 2.74. The first-order valence-electron chi connectivity index (χ1n) is 6.51. The SMILES string of the molecule is O=C(NC1CCCC1)N[C@@H]1CCCC[C@H]1O. The highest BCUT2D eigenvalue weighted by molar-refractivity contribution is 5.74.